The average molecular weight is 378 g/mol. The lowest BCUT2D eigenvalue weighted by Crippen LogP contribution is -1.89. The summed E-state index contributed by atoms with van der Waals surface area (Å²) in [5.74, 6) is -0.920. The van der Waals surface area contributed by atoms with Crippen molar-refractivity contribution in [3.8, 4) is 0 Å². The molecular weight excluding hydrogens is 356 g/mol. The van der Waals surface area contributed by atoms with Gasteiger partial charge in [0.05, 0.1) is 9.92 Å². The molecule has 136 valence electrons. The van der Waals surface area contributed by atoms with Gasteiger partial charge in [0.2, 0.25) is 0 Å². The van der Waals surface area contributed by atoms with E-state index in [1.165, 1.54) is 12.1 Å². The van der Waals surface area contributed by atoms with Crippen molar-refractivity contribution >= 4 is 38.6 Å². The smallest absolute Gasteiger partial charge is 0.345 e. The van der Waals surface area contributed by atoms with Crippen LogP contribution in [0.1, 0.15) is 42.2 Å². The Balaban J connectivity index is 0. The molecular formula is C14H22N2O6S2. The largest absolute Gasteiger partial charge is 0.477 e. The molecule has 0 spiro atoms. The van der Waals surface area contributed by atoms with E-state index in [2.05, 4.69) is 4.89 Å². The summed E-state index contributed by atoms with van der Waals surface area (Å²) >= 11 is 2.06. The number of nitrogens with two attached hydrogens (primary N) is 1. The minimum absolute atomic E-state index is 0.00148. The Morgan fingerprint density at radius 3 is 2.08 bits per heavy atom. The second-order valence-corrected chi connectivity index (χ2v) is 5.54. The Hall–Kier alpha value is -2.01. The summed E-state index contributed by atoms with van der Waals surface area (Å²) in [6, 6.07) is 5.98. The average Bonchev–Trinajstić information content (AvgIpc) is 3.22. The number of thiophene rings is 2. The molecule has 0 aromatic carbocycles. The fourth-order valence-corrected chi connectivity index (χ4v) is 2.41. The normalized spacial score (nSPS) is 8.54. The molecule has 0 amide bonds. The van der Waals surface area contributed by atoms with Crippen molar-refractivity contribution in [2.75, 3.05) is 5.73 Å². The minimum atomic E-state index is -0.920. The van der Waals surface area contributed by atoms with Crippen molar-refractivity contribution in [1.82, 2.24) is 0 Å². The van der Waals surface area contributed by atoms with Crippen molar-refractivity contribution in [3.63, 3.8) is 0 Å². The maximum absolute atomic E-state index is 10.2. The molecule has 2 aromatic rings. The van der Waals surface area contributed by atoms with E-state index in [1.807, 2.05) is 27.7 Å². The van der Waals surface area contributed by atoms with Gasteiger partial charge in [-0.15, -0.1) is 11.3 Å². The van der Waals surface area contributed by atoms with E-state index in [1.54, 1.807) is 12.1 Å². The van der Waals surface area contributed by atoms with E-state index in [0.717, 1.165) is 22.7 Å². The Bertz CT molecular complexity index is 598. The van der Waals surface area contributed by atoms with Crippen molar-refractivity contribution in [2.24, 2.45) is 0 Å². The van der Waals surface area contributed by atoms with E-state index in [9.17, 15) is 14.9 Å². The predicted octanol–water partition coefficient (Wildman–Crippen LogP) is 4.73. The maximum atomic E-state index is 10.2. The molecule has 2 heterocycles. The molecule has 0 saturated heterocycles. The van der Waals surface area contributed by atoms with Crippen molar-refractivity contribution in [3.05, 3.63) is 44.1 Å². The third-order valence-corrected chi connectivity index (χ3v) is 3.78. The molecule has 0 aliphatic heterocycles. The third kappa shape index (κ3) is 9.90. The summed E-state index contributed by atoms with van der Waals surface area (Å²) in [5.41, 5.74) is 5.27. The number of hydrogen-bond donors (Lipinski definition) is 3. The van der Waals surface area contributed by atoms with Crippen molar-refractivity contribution in [2.45, 2.75) is 34.3 Å². The molecule has 0 unspecified atom stereocenters. The van der Waals surface area contributed by atoms with Gasteiger partial charge in [0.25, 0.3) is 0 Å². The van der Waals surface area contributed by atoms with E-state index in [0.29, 0.717) is 9.88 Å². The highest BCUT2D eigenvalue weighted by Crippen LogP contribution is 2.23. The topological polar surface area (TPSA) is 136 Å². The van der Waals surface area contributed by atoms with Gasteiger partial charge in [0.1, 0.15) is 11.5 Å². The van der Waals surface area contributed by atoms with Crippen molar-refractivity contribution in [1.29, 1.82) is 0 Å². The lowest BCUT2D eigenvalue weighted by Gasteiger charge is -1.86. The molecule has 0 bridgehead atoms. The Kier molecular flexibility index (Phi) is 14.7. The molecule has 0 aliphatic carbocycles. The standard InChI is InChI=1S/C5H5NO4S.C5H5NO2S.2C2H6/c7-6(8)5-2-1-4(11-5)3-10-9;6-4-2-1-3(9-4)5(7)8;2*1-2/h1-2,9H,3H2;1-2H,6H2,(H,7,8);2*1-2H3. The zero-order chi connectivity index (χ0) is 19.1. The van der Waals surface area contributed by atoms with Gasteiger partial charge in [-0.3, -0.25) is 15.4 Å². The first kappa shape index (κ1) is 24.2. The number of carboxylic acids is 1. The highest BCUT2D eigenvalue weighted by molar-refractivity contribution is 7.17. The van der Waals surface area contributed by atoms with Gasteiger partial charge in [0, 0.05) is 10.9 Å². The minimum Gasteiger partial charge on any atom is -0.477 e. The van der Waals surface area contributed by atoms with Crippen LogP contribution in [0.4, 0.5) is 10.0 Å². The summed E-state index contributed by atoms with van der Waals surface area (Å²) < 4.78 is 0. The van der Waals surface area contributed by atoms with E-state index >= 15 is 0 Å². The first-order chi connectivity index (χ1) is 11.4. The first-order valence-electron chi connectivity index (χ1n) is 7.02. The number of carboxylic acid groups (broad SMARTS) is 1. The molecule has 0 saturated carbocycles. The van der Waals surface area contributed by atoms with Crippen LogP contribution in [0.25, 0.3) is 0 Å². The Morgan fingerprint density at radius 2 is 1.79 bits per heavy atom. The number of anilines is 1. The summed E-state index contributed by atoms with van der Waals surface area (Å²) in [4.78, 5) is 24.5. The Morgan fingerprint density at radius 1 is 1.21 bits per heavy atom. The lowest BCUT2D eigenvalue weighted by atomic mass is 10.5. The van der Waals surface area contributed by atoms with Gasteiger partial charge >= 0.3 is 11.0 Å². The highest BCUT2D eigenvalue weighted by Gasteiger charge is 2.08. The van der Waals surface area contributed by atoms with Crippen LogP contribution in [0.2, 0.25) is 0 Å². The van der Waals surface area contributed by atoms with Crippen LogP contribution >= 0.6 is 22.7 Å². The zero-order valence-corrected chi connectivity index (χ0v) is 15.5. The number of nitrogens with zero attached hydrogens (tertiary/aromatic N) is 1. The number of rotatable bonds is 4. The van der Waals surface area contributed by atoms with Gasteiger partial charge in [-0.2, -0.15) is 0 Å². The lowest BCUT2D eigenvalue weighted by molar-refractivity contribution is -0.380. The molecule has 8 nitrogen and oxygen atoms in total. The van der Waals surface area contributed by atoms with Gasteiger partial charge in [0.15, 0.2) is 0 Å². The third-order valence-electron chi connectivity index (χ3n) is 1.87. The van der Waals surface area contributed by atoms with Crippen LogP contribution in [-0.4, -0.2) is 21.3 Å². The van der Waals surface area contributed by atoms with Gasteiger partial charge in [-0.25, -0.2) is 9.68 Å². The van der Waals surface area contributed by atoms with Crippen molar-refractivity contribution < 1.29 is 25.0 Å². The fraction of sp³-hybridized carbons (Fsp3) is 0.357. The molecule has 0 radical (unpaired) electrons. The van der Waals surface area contributed by atoms with Crippen LogP contribution in [0.5, 0.6) is 0 Å². The second kappa shape index (κ2) is 14.6. The molecule has 2 aromatic heterocycles. The van der Waals surface area contributed by atoms with E-state index in [-0.39, 0.29) is 16.5 Å². The Labute approximate surface area is 148 Å². The monoisotopic (exact) mass is 378 g/mol. The van der Waals surface area contributed by atoms with E-state index in [4.69, 9.17) is 16.1 Å². The van der Waals surface area contributed by atoms with Crippen LogP contribution < -0.4 is 5.73 Å². The fourth-order valence-electron chi connectivity index (χ4n) is 1.07. The molecule has 10 heteroatoms. The summed E-state index contributed by atoms with van der Waals surface area (Å²) in [5, 5.41) is 27.1. The number of nitro groups is 1. The highest BCUT2D eigenvalue weighted by atomic mass is 32.1. The van der Waals surface area contributed by atoms with Gasteiger partial charge in [-0.1, -0.05) is 39.0 Å². The quantitative estimate of drug-likeness (QED) is 0.397. The van der Waals surface area contributed by atoms with Crippen LogP contribution in [0.15, 0.2) is 24.3 Å². The first-order valence-corrected chi connectivity index (χ1v) is 8.65. The molecule has 2 rings (SSSR count). The van der Waals surface area contributed by atoms with Gasteiger partial charge < -0.3 is 10.8 Å². The molecule has 24 heavy (non-hydrogen) atoms. The van der Waals surface area contributed by atoms with Crippen LogP contribution in [0.3, 0.4) is 0 Å². The molecule has 0 aliphatic rings. The number of aromatic carboxylic acids is 1. The summed E-state index contributed by atoms with van der Waals surface area (Å²) in [6.45, 7) is 8.00. The predicted molar refractivity (Wildman–Crippen MR) is 96.8 cm³/mol. The van der Waals surface area contributed by atoms with E-state index < -0.39 is 10.9 Å². The number of carbonyl (C=O) groups is 1. The molecule has 0 atom stereocenters. The van der Waals surface area contributed by atoms with Crippen LogP contribution in [0, 0.1) is 10.1 Å². The summed E-state index contributed by atoms with van der Waals surface area (Å²) in [7, 11) is 0. The maximum Gasteiger partial charge on any atom is 0.345 e. The molecule has 4 N–H and O–H groups in total. The second-order valence-electron chi connectivity index (χ2n) is 3.28. The van der Waals surface area contributed by atoms with Gasteiger partial charge in [-0.05, 0) is 18.2 Å². The summed E-state index contributed by atoms with van der Waals surface area (Å²) in [6.07, 6.45) is 0. The van der Waals surface area contributed by atoms with Crippen LogP contribution in [-0.2, 0) is 11.5 Å². The molecule has 0 fully saturated rings. The number of hydrogen-bond acceptors (Lipinski definition) is 8. The SMILES string of the molecule is CC.CC.Nc1ccc(C(=O)O)s1.O=[N+]([O-])c1ccc(COO)s1. The zero-order valence-electron chi connectivity index (χ0n) is 13.9. The number of nitrogen functional groups attached to an aromatic ring is 1.